The first-order valence-corrected chi connectivity index (χ1v) is 4.94. The van der Waals surface area contributed by atoms with Crippen LogP contribution in [0.5, 0.6) is 5.75 Å². The first-order valence-electron chi connectivity index (χ1n) is 4.94. The third-order valence-corrected chi connectivity index (χ3v) is 2.36. The molecule has 1 unspecified atom stereocenters. The first-order chi connectivity index (χ1) is 7.66. The van der Waals surface area contributed by atoms with Crippen LogP contribution in [0.4, 0.5) is 10.1 Å². The Morgan fingerprint density at radius 3 is 3.00 bits per heavy atom. The number of nitrogens with one attached hydrogen (secondary N) is 1. The Hall–Kier alpha value is -1.21. The highest BCUT2D eigenvalue weighted by Gasteiger charge is 2.21. The highest BCUT2D eigenvalue weighted by molar-refractivity contribution is 5.45. The van der Waals surface area contributed by atoms with E-state index in [1.165, 1.54) is 6.07 Å². The summed E-state index contributed by atoms with van der Waals surface area (Å²) in [6.07, 6.45) is 0.496. The molecule has 5 nitrogen and oxygen atoms in total. The molecule has 1 heterocycles. The van der Waals surface area contributed by atoms with Gasteiger partial charge < -0.3 is 14.7 Å². The zero-order valence-corrected chi connectivity index (χ0v) is 8.48. The number of halogens is 1. The summed E-state index contributed by atoms with van der Waals surface area (Å²) in [7, 11) is 0. The van der Waals surface area contributed by atoms with E-state index in [0.29, 0.717) is 19.6 Å². The molecule has 0 radical (unpaired) electrons. The SMILES string of the molecule is [O-][NH+](O)c1ccc(F)cc1O[C@@H]1CCOC1. The van der Waals surface area contributed by atoms with Gasteiger partial charge in [-0.2, -0.15) is 5.23 Å². The Bertz CT molecular complexity index is 366. The molecule has 0 bridgehead atoms. The number of hydrogen-bond donors (Lipinski definition) is 2. The van der Waals surface area contributed by atoms with Crippen LogP contribution in [0.3, 0.4) is 0 Å². The van der Waals surface area contributed by atoms with Crippen LogP contribution < -0.4 is 9.96 Å². The fourth-order valence-electron chi connectivity index (χ4n) is 1.56. The topological polar surface area (TPSA) is 66.2 Å². The van der Waals surface area contributed by atoms with Crippen LogP contribution in [0.1, 0.15) is 6.42 Å². The van der Waals surface area contributed by atoms with Crippen molar-refractivity contribution in [2.75, 3.05) is 13.2 Å². The average Bonchev–Trinajstić information content (AvgIpc) is 2.70. The Kier molecular flexibility index (Phi) is 3.35. The maximum absolute atomic E-state index is 13.0. The molecule has 2 N–H and O–H groups in total. The zero-order chi connectivity index (χ0) is 11.5. The summed E-state index contributed by atoms with van der Waals surface area (Å²) in [4.78, 5) is 0. The van der Waals surface area contributed by atoms with Crippen LogP contribution in [0.25, 0.3) is 0 Å². The van der Waals surface area contributed by atoms with Gasteiger partial charge in [0, 0.05) is 18.6 Å². The smallest absolute Gasteiger partial charge is 0.206 e. The van der Waals surface area contributed by atoms with Crippen molar-refractivity contribution >= 4 is 5.69 Å². The summed E-state index contributed by atoms with van der Waals surface area (Å²) >= 11 is 0. The number of quaternary nitrogens is 1. The molecular weight excluding hydrogens is 217 g/mol. The average molecular weight is 229 g/mol. The molecule has 88 valence electrons. The molecule has 1 aliphatic rings. The number of ether oxygens (including phenoxy) is 2. The standard InChI is InChI=1S/C10H12FNO4/c11-7-1-2-9(12(13)14)10(5-7)16-8-3-4-15-6-8/h1-2,5,8,12-13H,3-4,6H2/t8-/m1/s1. The van der Waals surface area contributed by atoms with Gasteiger partial charge in [-0.3, -0.25) is 0 Å². The summed E-state index contributed by atoms with van der Waals surface area (Å²) in [6, 6.07) is 3.38. The monoisotopic (exact) mass is 229 g/mol. The van der Waals surface area contributed by atoms with Crippen molar-refractivity contribution in [3.63, 3.8) is 0 Å². The lowest BCUT2D eigenvalue weighted by molar-refractivity contribution is -0.991. The molecule has 1 fully saturated rings. The molecule has 0 amide bonds. The van der Waals surface area contributed by atoms with E-state index < -0.39 is 11.0 Å². The lowest BCUT2D eigenvalue weighted by Gasteiger charge is -2.18. The molecule has 6 heteroatoms. The first kappa shape index (κ1) is 11.3. The van der Waals surface area contributed by atoms with Gasteiger partial charge in [0.2, 0.25) is 5.69 Å². The molecular formula is C10H12FNO4. The van der Waals surface area contributed by atoms with Gasteiger partial charge in [0.1, 0.15) is 11.9 Å². The van der Waals surface area contributed by atoms with Crippen molar-refractivity contribution in [2.24, 2.45) is 0 Å². The fourth-order valence-corrected chi connectivity index (χ4v) is 1.56. The van der Waals surface area contributed by atoms with Gasteiger partial charge in [-0.1, -0.05) is 0 Å². The highest BCUT2D eigenvalue weighted by atomic mass is 19.1. The van der Waals surface area contributed by atoms with Crippen LogP contribution in [0, 0.1) is 11.0 Å². The summed E-state index contributed by atoms with van der Waals surface area (Å²) in [5.41, 5.74) is -0.0340. The second kappa shape index (κ2) is 4.75. The minimum Gasteiger partial charge on any atom is -0.595 e. The van der Waals surface area contributed by atoms with Crippen LogP contribution in [-0.4, -0.2) is 24.5 Å². The van der Waals surface area contributed by atoms with Gasteiger partial charge in [-0.25, -0.2) is 9.60 Å². The van der Waals surface area contributed by atoms with Gasteiger partial charge in [-0.05, 0) is 6.07 Å². The van der Waals surface area contributed by atoms with Crippen molar-refractivity contribution in [1.29, 1.82) is 0 Å². The predicted octanol–water partition coefficient (Wildman–Crippen LogP) is 0.397. The van der Waals surface area contributed by atoms with Crippen LogP contribution >= 0.6 is 0 Å². The van der Waals surface area contributed by atoms with E-state index in [9.17, 15) is 9.60 Å². The minimum absolute atomic E-state index is 0.0340. The summed E-state index contributed by atoms with van der Waals surface area (Å²) in [5.74, 6) is -0.457. The van der Waals surface area contributed by atoms with E-state index >= 15 is 0 Å². The van der Waals surface area contributed by atoms with E-state index in [1.807, 2.05) is 0 Å². The third kappa shape index (κ3) is 2.48. The molecule has 0 saturated carbocycles. The molecule has 1 aliphatic heterocycles. The molecule has 1 saturated heterocycles. The maximum atomic E-state index is 13.0. The lowest BCUT2D eigenvalue weighted by atomic mass is 10.2. The van der Waals surface area contributed by atoms with Crippen molar-refractivity contribution in [3.8, 4) is 5.75 Å². The van der Waals surface area contributed by atoms with Gasteiger partial charge >= 0.3 is 0 Å². The molecule has 1 aromatic rings. The minimum atomic E-state index is -1.13. The largest absolute Gasteiger partial charge is 0.595 e. The van der Waals surface area contributed by atoms with Gasteiger partial charge in [-0.15, -0.1) is 0 Å². The molecule has 0 spiro atoms. The zero-order valence-electron chi connectivity index (χ0n) is 8.48. The number of hydrogen-bond acceptors (Lipinski definition) is 4. The second-order valence-electron chi connectivity index (χ2n) is 3.55. The Balaban J connectivity index is 2.19. The molecule has 2 atom stereocenters. The van der Waals surface area contributed by atoms with E-state index in [0.717, 1.165) is 12.1 Å². The van der Waals surface area contributed by atoms with Crippen LogP contribution in [-0.2, 0) is 4.74 Å². The lowest BCUT2D eigenvalue weighted by Crippen LogP contribution is -2.99. The van der Waals surface area contributed by atoms with Crippen molar-refractivity contribution < 1.29 is 24.3 Å². The van der Waals surface area contributed by atoms with Crippen molar-refractivity contribution in [3.05, 3.63) is 29.2 Å². The quantitative estimate of drug-likeness (QED) is 0.736. The highest BCUT2D eigenvalue weighted by Crippen LogP contribution is 2.24. The van der Waals surface area contributed by atoms with E-state index in [4.69, 9.17) is 14.7 Å². The molecule has 1 aromatic carbocycles. The van der Waals surface area contributed by atoms with Crippen LogP contribution in [0.2, 0.25) is 0 Å². The molecule has 2 rings (SSSR count). The Labute approximate surface area is 91.5 Å². The molecule has 0 aromatic heterocycles. The van der Waals surface area contributed by atoms with Crippen molar-refractivity contribution in [2.45, 2.75) is 12.5 Å². The normalized spacial score (nSPS) is 22.1. The van der Waals surface area contributed by atoms with E-state index in [1.54, 1.807) is 0 Å². The van der Waals surface area contributed by atoms with Gasteiger partial charge in [0.15, 0.2) is 5.75 Å². The Morgan fingerprint density at radius 2 is 2.38 bits per heavy atom. The Morgan fingerprint density at radius 1 is 1.56 bits per heavy atom. The number of rotatable bonds is 3. The second-order valence-corrected chi connectivity index (χ2v) is 3.55. The van der Waals surface area contributed by atoms with Crippen LogP contribution in [0.15, 0.2) is 18.2 Å². The fraction of sp³-hybridized carbons (Fsp3) is 0.400. The third-order valence-electron chi connectivity index (χ3n) is 2.36. The summed E-state index contributed by atoms with van der Waals surface area (Å²) in [6.45, 7) is 0.998. The van der Waals surface area contributed by atoms with Crippen molar-refractivity contribution in [1.82, 2.24) is 0 Å². The summed E-state index contributed by atoms with van der Waals surface area (Å²) < 4.78 is 23.5. The van der Waals surface area contributed by atoms with E-state index in [2.05, 4.69) is 0 Å². The molecule has 16 heavy (non-hydrogen) atoms. The number of benzene rings is 1. The summed E-state index contributed by atoms with van der Waals surface area (Å²) in [5, 5.41) is 18.6. The predicted molar refractivity (Wildman–Crippen MR) is 52.0 cm³/mol. The van der Waals surface area contributed by atoms with Gasteiger partial charge in [0.25, 0.3) is 0 Å². The maximum Gasteiger partial charge on any atom is 0.206 e. The molecule has 0 aliphatic carbocycles. The van der Waals surface area contributed by atoms with Gasteiger partial charge in [0.05, 0.1) is 13.2 Å². The van der Waals surface area contributed by atoms with E-state index in [-0.39, 0.29) is 17.5 Å².